The summed E-state index contributed by atoms with van der Waals surface area (Å²) < 4.78 is -0.246. The third kappa shape index (κ3) is 4.81. The number of thiocarbonyl (C=S) groups is 1. The lowest BCUT2D eigenvalue weighted by atomic mass is 10.1. The highest BCUT2D eigenvalue weighted by molar-refractivity contribution is 8.24. The van der Waals surface area contributed by atoms with Crippen molar-refractivity contribution in [2.45, 2.75) is 24.8 Å². The fourth-order valence-corrected chi connectivity index (χ4v) is 4.69. The molecule has 1 aliphatic heterocycles. The van der Waals surface area contributed by atoms with Crippen LogP contribution in [-0.4, -0.2) is 47.9 Å². The first-order chi connectivity index (χ1) is 13.7. The van der Waals surface area contributed by atoms with Gasteiger partial charge in [0, 0.05) is 16.3 Å². The summed E-state index contributed by atoms with van der Waals surface area (Å²) >= 11 is 12.6. The summed E-state index contributed by atoms with van der Waals surface area (Å²) in [5.41, 5.74) is 0.965. The van der Waals surface area contributed by atoms with Gasteiger partial charge in [0.05, 0.1) is 11.0 Å². The number of halogens is 1. The monoisotopic (exact) mass is 450 g/mol. The van der Waals surface area contributed by atoms with Crippen LogP contribution in [0.1, 0.15) is 19.4 Å². The Bertz CT molecular complexity index is 953. The molecule has 1 aliphatic rings. The minimum atomic E-state index is -0.866. The fourth-order valence-electron chi connectivity index (χ4n) is 2.77. The van der Waals surface area contributed by atoms with Gasteiger partial charge in [0.15, 0.2) is 10.5 Å². The summed E-state index contributed by atoms with van der Waals surface area (Å²) in [6.45, 7) is 3.70. The van der Waals surface area contributed by atoms with E-state index in [-0.39, 0.29) is 5.75 Å². The van der Waals surface area contributed by atoms with Gasteiger partial charge in [-0.05, 0) is 50.2 Å². The molecule has 7 nitrogen and oxygen atoms in total. The quantitative estimate of drug-likeness (QED) is 0.270. The molecule has 2 amide bonds. The van der Waals surface area contributed by atoms with Crippen LogP contribution >= 0.6 is 35.6 Å². The molecule has 29 heavy (non-hydrogen) atoms. The van der Waals surface area contributed by atoms with Gasteiger partial charge in [-0.3, -0.25) is 5.21 Å². The topological polar surface area (TPSA) is 88.4 Å². The Kier molecular flexibility index (Phi) is 6.33. The molecular weight excluding hydrogens is 432 g/mol. The van der Waals surface area contributed by atoms with Crippen LogP contribution in [0.5, 0.6) is 5.75 Å². The number of carbonyl (C=O) groups is 1. The maximum Gasteiger partial charge on any atom is 0.347 e. The molecule has 152 valence electrons. The van der Waals surface area contributed by atoms with Gasteiger partial charge in [0.1, 0.15) is 5.75 Å². The van der Waals surface area contributed by atoms with Crippen molar-refractivity contribution in [3.63, 3.8) is 0 Å². The Morgan fingerprint density at radius 2 is 1.97 bits per heavy atom. The number of nitrogens with zero attached hydrogens (tertiary/aromatic N) is 3. The van der Waals surface area contributed by atoms with Gasteiger partial charge in [-0.15, -0.1) is 0 Å². The molecule has 0 spiro atoms. The second-order valence-corrected chi connectivity index (χ2v) is 9.50. The second kappa shape index (κ2) is 8.58. The van der Waals surface area contributed by atoms with Gasteiger partial charge in [-0.2, -0.15) is 10.2 Å². The van der Waals surface area contributed by atoms with E-state index in [1.54, 1.807) is 42.5 Å². The summed E-state index contributed by atoms with van der Waals surface area (Å²) in [7, 11) is 0. The number of nitrogens with one attached hydrogen (secondary N) is 1. The number of phenols is 1. The number of rotatable bonds is 4. The van der Waals surface area contributed by atoms with Crippen LogP contribution in [0.3, 0.4) is 0 Å². The molecule has 0 aliphatic carbocycles. The molecular formula is C19H19ClN4O3S2. The number of benzene rings is 2. The number of carbonyl (C=O) groups excluding carboxylic acids is 1. The molecule has 0 radical (unpaired) electrons. The highest BCUT2D eigenvalue weighted by Gasteiger charge is 2.50. The lowest BCUT2D eigenvalue weighted by Gasteiger charge is -2.34. The van der Waals surface area contributed by atoms with Gasteiger partial charge in [0.25, 0.3) is 0 Å². The predicted molar refractivity (Wildman–Crippen MR) is 120 cm³/mol. The van der Waals surface area contributed by atoms with Crippen molar-refractivity contribution in [2.75, 3.05) is 5.32 Å². The van der Waals surface area contributed by atoms with E-state index in [1.807, 2.05) is 13.8 Å². The number of urea groups is 1. The number of aromatic hydroxyl groups is 1. The summed E-state index contributed by atoms with van der Waals surface area (Å²) in [6.07, 6.45) is 0.566. The smallest absolute Gasteiger partial charge is 0.347 e. The first-order valence-electron chi connectivity index (χ1n) is 8.58. The predicted octanol–water partition coefficient (Wildman–Crippen LogP) is 4.74. The van der Waals surface area contributed by atoms with Crippen molar-refractivity contribution >= 4 is 57.8 Å². The van der Waals surface area contributed by atoms with Crippen molar-refractivity contribution < 1.29 is 15.1 Å². The van der Waals surface area contributed by atoms with Crippen LogP contribution in [0.25, 0.3) is 0 Å². The van der Waals surface area contributed by atoms with Gasteiger partial charge < -0.3 is 10.4 Å². The van der Waals surface area contributed by atoms with E-state index in [0.717, 1.165) is 0 Å². The number of phenolic OH excluding ortho intramolecular Hbond substituents is 1. The standard InChI is InChI=1S/C19H19ClN4O3S2/c1-19(2)16(24(27)17(26)22-14-9-7-13(20)8-10-14)23(18(28)29-19)21-11-12-5-3-4-6-15(12)25/h3-11,16,25,27H,1-2H3,(H,22,26)/b21-11-/t16-/m0/s1. The first-order valence-corrected chi connectivity index (χ1v) is 10.2. The first kappa shape index (κ1) is 21.4. The van der Waals surface area contributed by atoms with Crippen molar-refractivity contribution in [1.82, 2.24) is 10.1 Å². The van der Waals surface area contributed by atoms with E-state index in [4.69, 9.17) is 23.8 Å². The largest absolute Gasteiger partial charge is 0.507 e. The Morgan fingerprint density at radius 1 is 1.31 bits per heavy atom. The van der Waals surface area contributed by atoms with Crippen LogP contribution in [0, 0.1) is 0 Å². The summed E-state index contributed by atoms with van der Waals surface area (Å²) in [4.78, 5) is 12.6. The van der Waals surface area contributed by atoms with Gasteiger partial charge in [0.2, 0.25) is 0 Å². The molecule has 1 saturated heterocycles. The van der Waals surface area contributed by atoms with E-state index >= 15 is 0 Å². The van der Waals surface area contributed by atoms with Crippen LogP contribution < -0.4 is 5.32 Å². The molecule has 2 aromatic rings. The van der Waals surface area contributed by atoms with E-state index in [0.29, 0.717) is 25.7 Å². The lowest BCUT2D eigenvalue weighted by Crippen LogP contribution is -2.54. The molecule has 1 heterocycles. The Morgan fingerprint density at radius 3 is 2.62 bits per heavy atom. The molecule has 0 unspecified atom stereocenters. The van der Waals surface area contributed by atoms with Crippen molar-refractivity contribution in [3.8, 4) is 5.75 Å². The second-order valence-electron chi connectivity index (χ2n) is 6.77. The maximum atomic E-state index is 12.6. The lowest BCUT2D eigenvalue weighted by molar-refractivity contribution is -0.114. The molecule has 0 saturated carbocycles. The number of hydroxylamine groups is 2. The Balaban J connectivity index is 1.83. The number of anilines is 1. The minimum absolute atomic E-state index is 0.0613. The molecule has 2 aromatic carbocycles. The fraction of sp³-hybridized carbons (Fsp3) is 0.211. The molecule has 1 atom stereocenters. The van der Waals surface area contributed by atoms with E-state index in [2.05, 4.69) is 10.4 Å². The highest BCUT2D eigenvalue weighted by atomic mass is 35.5. The maximum absolute atomic E-state index is 12.6. The number of amides is 2. The number of para-hydroxylation sites is 1. The highest BCUT2D eigenvalue weighted by Crippen LogP contribution is 2.42. The summed E-state index contributed by atoms with van der Waals surface area (Å²) in [5.74, 6) is 0.0613. The normalized spacial score (nSPS) is 18.3. The average Bonchev–Trinajstić information content (AvgIpc) is 2.90. The zero-order valence-corrected chi connectivity index (χ0v) is 18.0. The van der Waals surface area contributed by atoms with E-state index in [9.17, 15) is 15.1 Å². The van der Waals surface area contributed by atoms with Crippen LogP contribution in [0.4, 0.5) is 10.5 Å². The number of hydrogen-bond donors (Lipinski definition) is 3. The van der Waals surface area contributed by atoms with E-state index < -0.39 is 16.9 Å². The SMILES string of the molecule is CC1(C)SC(=S)N(/N=C\c2ccccc2O)[C@H]1N(O)C(=O)Nc1ccc(Cl)cc1. The zero-order chi connectivity index (χ0) is 21.2. The average molecular weight is 451 g/mol. The van der Waals surface area contributed by atoms with Crippen molar-refractivity contribution in [1.29, 1.82) is 0 Å². The molecule has 0 aromatic heterocycles. The van der Waals surface area contributed by atoms with Crippen LogP contribution in [0.2, 0.25) is 5.02 Å². The summed E-state index contributed by atoms with van der Waals surface area (Å²) in [6, 6.07) is 12.5. The molecule has 3 N–H and O–H groups in total. The molecule has 3 rings (SSSR count). The number of thioether (sulfide) groups is 1. The summed E-state index contributed by atoms with van der Waals surface area (Å²) in [5, 5.41) is 30.0. The van der Waals surface area contributed by atoms with Gasteiger partial charge >= 0.3 is 6.03 Å². The third-order valence-corrected chi connectivity index (χ3v) is 5.97. The molecule has 10 heteroatoms. The minimum Gasteiger partial charge on any atom is -0.507 e. The van der Waals surface area contributed by atoms with Crippen LogP contribution in [0.15, 0.2) is 53.6 Å². The van der Waals surface area contributed by atoms with Crippen LogP contribution in [-0.2, 0) is 0 Å². The molecule has 0 bridgehead atoms. The van der Waals surface area contributed by atoms with Crippen molar-refractivity contribution in [2.24, 2.45) is 5.10 Å². The van der Waals surface area contributed by atoms with Gasteiger partial charge in [-0.25, -0.2) is 9.80 Å². The Hall–Kier alpha value is -2.33. The van der Waals surface area contributed by atoms with Gasteiger partial charge in [-0.1, -0.05) is 47.7 Å². The number of hydrazone groups is 1. The number of hydrogen-bond acceptors (Lipinski definition) is 6. The van der Waals surface area contributed by atoms with E-state index in [1.165, 1.54) is 29.1 Å². The Labute approximate surface area is 182 Å². The third-order valence-electron chi connectivity index (χ3n) is 4.18. The van der Waals surface area contributed by atoms with Crippen molar-refractivity contribution in [3.05, 3.63) is 59.1 Å². The molecule has 1 fully saturated rings. The zero-order valence-electron chi connectivity index (χ0n) is 15.6.